The van der Waals surface area contributed by atoms with E-state index in [1.165, 1.54) is 6.26 Å². The van der Waals surface area contributed by atoms with Gasteiger partial charge >= 0.3 is 0 Å². The van der Waals surface area contributed by atoms with E-state index in [2.05, 4.69) is 16.6 Å². The second kappa shape index (κ2) is 6.44. The molecule has 2 amide bonds. The lowest BCUT2D eigenvalue weighted by Gasteiger charge is -2.10. The summed E-state index contributed by atoms with van der Waals surface area (Å²) in [6.07, 6.45) is 6.55. The van der Waals surface area contributed by atoms with Gasteiger partial charge in [-0.25, -0.2) is 0 Å². The number of terminal acetylenes is 1. The second-order valence-electron chi connectivity index (χ2n) is 4.32. The molecule has 0 spiro atoms. The Hall–Kier alpha value is -3.00. The standard InChI is InChI=1S/C16H14N2O3/c1-3-9-17-15(19)12-6-4-5-7-13(12)18-16(20)14-11(2)8-10-21-14/h1,4-8,10H,9H2,2H3,(H,17,19)(H,18,20). The number of nitrogens with one attached hydrogen (secondary N) is 2. The largest absolute Gasteiger partial charge is 0.459 e. The van der Waals surface area contributed by atoms with Crippen LogP contribution >= 0.6 is 0 Å². The Bertz CT molecular complexity index is 710. The van der Waals surface area contributed by atoms with Crippen molar-refractivity contribution in [1.29, 1.82) is 0 Å². The fraction of sp³-hybridized carbons (Fsp3) is 0.125. The molecule has 106 valence electrons. The summed E-state index contributed by atoms with van der Waals surface area (Å²) in [5.41, 5.74) is 1.46. The van der Waals surface area contributed by atoms with Crippen LogP contribution in [0.2, 0.25) is 0 Å². The van der Waals surface area contributed by atoms with Crippen molar-refractivity contribution < 1.29 is 14.0 Å². The first-order valence-electron chi connectivity index (χ1n) is 6.29. The number of benzene rings is 1. The van der Waals surface area contributed by atoms with Gasteiger partial charge in [0, 0.05) is 5.56 Å². The van der Waals surface area contributed by atoms with E-state index in [-0.39, 0.29) is 18.2 Å². The molecule has 2 rings (SSSR count). The Kier molecular flexibility index (Phi) is 4.42. The number of amides is 2. The third-order valence-corrected chi connectivity index (χ3v) is 2.84. The molecule has 5 heteroatoms. The fourth-order valence-electron chi connectivity index (χ4n) is 1.80. The maximum absolute atomic E-state index is 12.1. The van der Waals surface area contributed by atoms with Gasteiger partial charge in [0.2, 0.25) is 0 Å². The second-order valence-corrected chi connectivity index (χ2v) is 4.32. The van der Waals surface area contributed by atoms with Crippen molar-refractivity contribution >= 4 is 17.5 Å². The summed E-state index contributed by atoms with van der Waals surface area (Å²) >= 11 is 0. The summed E-state index contributed by atoms with van der Waals surface area (Å²) in [6.45, 7) is 1.89. The number of carbonyl (C=O) groups is 2. The molecule has 5 nitrogen and oxygen atoms in total. The molecule has 0 aliphatic carbocycles. The first-order valence-corrected chi connectivity index (χ1v) is 6.29. The van der Waals surface area contributed by atoms with Crippen LogP contribution in [0.15, 0.2) is 41.0 Å². The summed E-state index contributed by atoms with van der Waals surface area (Å²) in [5, 5.41) is 5.22. The van der Waals surface area contributed by atoms with E-state index in [9.17, 15) is 9.59 Å². The highest BCUT2D eigenvalue weighted by molar-refractivity contribution is 6.08. The van der Waals surface area contributed by atoms with E-state index >= 15 is 0 Å². The van der Waals surface area contributed by atoms with Crippen molar-refractivity contribution in [2.75, 3.05) is 11.9 Å². The van der Waals surface area contributed by atoms with Crippen LogP contribution in [-0.2, 0) is 0 Å². The minimum Gasteiger partial charge on any atom is -0.459 e. The quantitative estimate of drug-likeness (QED) is 0.844. The van der Waals surface area contributed by atoms with Crippen molar-refractivity contribution in [2.45, 2.75) is 6.92 Å². The highest BCUT2D eigenvalue weighted by atomic mass is 16.3. The topological polar surface area (TPSA) is 71.3 Å². The molecular formula is C16H14N2O3. The van der Waals surface area contributed by atoms with Crippen LogP contribution in [0.3, 0.4) is 0 Å². The number of aryl methyl sites for hydroxylation is 1. The first-order chi connectivity index (χ1) is 10.1. The van der Waals surface area contributed by atoms with E-state index in [1.54, 1.807) is 37.3 Å². The van der Waals surface area contributed by atoms with Gasteiger partial charge in [0.15, 0.2) is 5.76 Å². The summed E-state index contributed by atoms with van der Waals surface area (Å²) in [4.78, 5) is 24.1. The van der Waals surface area contributed by atoms with Gasteiger partial charge in [0.05, 0.1) is 24.1 Å². The fourth-order valence-corrected chi connectivity index (χ4v) is 1.80. The van der Waals surface area contributed by atoms with Gasteiger partial charge in [0.25, 0.3) is 11.8 Å². The van der Waals surface area contributed by atoms with E-state index in [1.807, 2.05) is 0 Å². The zero-order valence-electron chi connectivity index (χ0n) is 11.5. The molecule has 0 atom stereocenters. The van der Waals surface area contributed by atoms with Gasteiger partial charge < -0.3 is 15.1 Å². The molecule has 0 saturated carbocycles. The van der Waals surface area contributed by atoms with Gasteiger partial charge in [0.1, 0.15) is 0 Å². The van der Waals surface area contributed by atoms with Gasteiger partial charge in [-0.1, -0.05) is 18.1 Å². The number of hydrogen-bond acceptors (Lipinski definition) is 3. The molecule has 0 unspecified atom stereocenters. The molecule has 21 heavy (non-hydrogen) atoms. The van der Waals surface area contributed by atoms with E-state index in [4.69, 9.17) is 10.8 Å². The van der Waals surface area contributed by atoms with Gasteiger partial charge in [-0.2, -0.15) is 0 Å². The molecule has 0 bridgehead atoms. The van der Waals surface area contributed by atoms with Crippen LogP contribution in [-0.4, -0.2) is 18.4 Å². The Balaban J connectivity index is 2.21. The average molecular weight is 282 g/mol. The zero-order valence-corrected chi connectivity index (χ0v) is 11.5. The number of carbonyl (C=O) groups excluding carboxylic acids is 2. The van der Waals surface area contributed by atoms with Crippen LogP contribution in [0.1, 0.15) is 26.5 Å². The highest BCUT2D eigenvalue weighted by Gasteiger charge is 2.16. The molecule has 2 aromatic rings. The molecule has 0 saturated heterocycles. The third-order valence-electron chi connectivity index (χ3n) is 2.84. The SMILES string of the molecule is C#CCNC(=O)c1ccccc1NC(=O)c1occc1C. The number of rotatable bonds is 4. The smallest absolute Gasteiger partial charge is 0.291 e. The summed E-state index contributed by atoms with van der Waals surface area (Å²) in [5.74, 6) is 1.79. The van der Waals surface area contributed by atoms with Crippen LogP contribution in [0.4, 0.5) is 5.69 Å². The number of para-hydroxylation sites is 1. The van der Waals surface area contributed by atoms with E-state index in [0.29, 0.717) is 11.3 Å². The molecule has 1 aromatic heterocycles. The maximum Gasteiger partial charge on any atom is 0.291 e. The molecule has 0 radical (unpaired) electrons. The molecule has 2 N–H and O–H groups in total. The van der Waals surface area contributed by atoms with Gasteiger partial charge in [-0.15, -0.1) is 6.42 Å². The number of anilines is 1. The third kappa shape index (κ3) is 3.31. The summed E-state index contributed by atoms with van der Waals surface area (Å²) < 4.78 is 5.12. The maximum atomic E-state index is 12.1. The lowest BCUT2D eigenvalue weighted by atomic mass is 10.1. The van der Waals surface area contributed by atoms with Crippen molar-refractivity contribution in [3.8, 4) is 12.3 Å². The minimum absolute atomic E-state index is 0.123. The van der Waals surface area contributed by atoms with Gasteiger partial charge in [-0.3, -0.25) is 9.59 Å². The van der Waals surface area contributed by atoms with E-state index in [0.717, 1.165) is 5.56 Å². The van der Waals surface area contributed by atoms with Crippen LogP contribution in [0.25, 0.3) is 0 Å². The Morgan fingerprint density at radius 3 is 2.67 bits per heavy atom. The number of furan rings is 1. The number of hydrogen-bond donors (Lipinski definition) is 2. The Labute approximate surface area is 122 Å². The average Bonchev–Trinajstić information content (AvgIpc) is 2.91. The highest BCUT2D eigenvalue weighted by Crippen LogP contribution is 2.17. The molecule has 0 fully saturated rings. The lowest BCUT2D eigenvalue weighted by Crippen LogP contribution is -2.25. The first kappa shape index (κ1) is 14.4. The van der Waals surface area contributed by atoms with Crippen molar-refractivity contribution in [3.05, 3.63) is 53.5 Å². The van der Waals surface area contributed by atoms with Crippen molar-refractivity contribution in [3.63, 3.8) is 0 Å². The summed E-state index contributed by atoms with van der Waals surface area (Å²) in [6, 6.07) is 8.37. The van der Waals surface area contributed by atoms with Gasteiger partial charge in [-0.05, 0) is 25.1 Å². The normalized spacial score (nSPS) is 9.71. The van der Waals surface area contributed by atoms with Crippen molar-refractivity contribution in [1.82, 2.24) is 5.32 Å². The Morgan fingerprint density at radius 2 is 2.00 bits per heavy atom. The molecule has 1 heterocycles. The van der Waals surface area contributed by atoms with Crippen molar-refractivity contribution in [2.24, 2.45) is 0 Å². The van der Waals surface area contributed by atoms with E-state index < -0.39 is 5.91 Å². The van der Waals surface area contributed by atoms with Crippen LogP contribution < -0.4 is 10.6 Å². The predicted molar refractivity (Wildman–Crippen MR) is 79.0 cm³/mol. The molecular weight excluding hydrogens is 268 g/mol. The minimum atomic E-state index is -0.408. The van der Waals surface area contributed by atoms with Crippen LogP contribution in [0, 0.1) is 19.3 Å². The molecule has 0 aliphatic rings. The molecule has 1 aromatic carbocycles. The molecule has 0 aliphatic heterocycles. The monoisotopic (exact) mass is 282 g/mol. The zero-order chi connectivity index (χ0) is 15.2. The summed E-state index contributed by atoms with van der Waals surface area (Å²) in [7, 11) is 0. The Morgan fingerprint density at radius 1 is 1.24 bits per heavy atom. The van der Waals surface area contributed by atoms with Crippen LogP contribution in [0.5, 0.6) is 0 Å². The predicted octanol–water partition coefficient (Wildman–Crippen LogP) is 2.20. The lowest BCUT2D eigenvalue weighted by molar-refractivity contribution is 0.0959.